The maximum Gasteiger partial charge on any atom is 0.254 e. The maximum atomic E-state index is 12.7. The first-order valence-corrected chi connectivity index (χ1v) is 8.09. The van der Waals surface area contributed by atoms with Gasteiger partial charge in [0.15, 0.2) is 5.75 Å². The molecule has 0 aliphatic rings. The van der Waals surface area contributed by atoms with E-state index in [1.807, 2.05) is 24.7 Å². The smallest absolute Gasteiger partial charge is 0.254 e. The maximum absolute atomic E-state index is 12.7. The average molecular weight is 356 g/mol. The Morgan fingerprint density at radius 2 is 1.96 bits per heavy atom. The van der Waals surface area contributed by atoms with Gasteiger partial charge in [-0.1, -0.05) is 23.2 Å². The van der Waals surface area contributed by atoms with Gasteiger partial charge in [0.1, 0.15) is 0 Å². The van der Waals surface area contributed by atoms with Gasteiger partial charge in [-0.3, -0.25) is 9.48 Å². The third-order valence-corrected chi connectivity index (χ3v) is 4.06. The van der Waals surface area contributed by atoms with Gasteiger partial charge < -0.3 is 9.64 Å². The first-order chi connectivity index (χ1) is 11.0. The minimum Gasteiger partial charge on any atom is -0.494 e. The standard InChI is InChI=1S/C16H19Cl2N3O2/c1-4-20(9-11-8-19-21(5-2)10-11)16(22)12-6-13(17)15(23-3)14(18)7-12/h6-8,10H,4-5,9H2,1-3H3. The lowest BCUT2D eigenvalue weighted by molar-refractivity contribution is 0.0752. The number of carbonyl (C=O) groups is 1. The number of rotatable bonds is 6. The van der Waals surface area contributed by atoms with Crippen molar-refractivity contribution in [1.29, 1.82) is 0 Å². The Balaban J connectivity index is 2.22. The molecule has 0 aliphatic carbocycles. The molecule has 0 atom stereocenters. The number of amides is 1. The minimum absolute atomic E-state index is 0.136. The van der Waals surface area contributed by atoms with Gasteiger partial charge in [0.2, 0.25) is 0 Å². The van der Waals surface area contributed by atoms with Crippen LogP contribution in [0.1, 0.15) is 29.8 Å². The number of nitrogens with zero attached hydrogens (tertiary/aromatic N) is 3. The molecule has 5 nitrogen and oxygen atoms in total. The van der Waals surface area contributed by atoms with Gasteiger partial charge >= 0.3 is 0 Å². The lowest BCUT2D eigenvalue weighted by Crippen LogP contribution is -2.30. The second-order valence-electron chi connectivity index (χ2n) is 5.00. The van der Waals surface area contributed by atoms with Gasteiger partial charge in [-0.25, -0.2) is 0 Å². The summed E-state index contributed by atoms with van der Waals surface area (Å²) in [4.78, 5) is 14.4. The van der Waals surface area contributed by atoms with Crippen molar-refractivity contribution in [2.24, 2.45) is 0 Å². The normalized spacial score (nSPS) is 10.7. The van der Waals surface area contributed by atoms with Crippen molar-refractivity contribution < 1.29 is 9.53 Å². The molecule has 0 unspecified atom stereocenters. The average Bonchev–Trinajstić information content (AvgIpc) is 2.99. The van der Waals surface area contributed by atoms with E-state index in [0.717, 1.165) is 12.1 Å². The van der Waals surface area contributed by atoms with E-state index in [2.05, 4.69) is 5.10 Å². The third-order valence-electron chi connectivity index (χ3n) is 3.50. The number of hydrogen-bond donors (Lipinski definition) is 0. The third kappa shape index (κ3) is 3.98. The lowest BCUT2D eigenvalue weighted by atomic mass is 10.1. The highest BCUT2D eigenvalue weighted by molar-refractivity contribution is 6.37. The van der Waals surface area contributed by atoms with Crippen molar-refractivity contribution in [3.63, 3.8) is 0 Å². The summed E-state index contributed by atoms with van der Waals surface area (Å²) < 4.78 is 6.94. The molecule has 23 heavy (non-hydrogen) atoms. The first kappa shape index (κ1) is 17.6. The van der Waals surface area contributed by atoms with E-state index in [0.29, 0.717) is 34.4 Å². The van der Waals surface area contributed by atoms with Gasteiger partial charge in [0.25, 0.3) is 5.91 Å². The Morgan fingerprint density at radius 3 is 2.43 bits per heavy atom. The quantitative estimate of drug-likeness (QED) is 0.789. The van der Waals surface area contributed by atoms with Crippen LogP contribution in [0.5, 0.6) is 5.75 Å². The molecule has 2 aromatic rings. The van der Waals surface area contributed by atoms with Crippen LogP contribution < -0.4 is 4.74 Å². The fourth-order valence-corrected chi connectivity index (χ4v) is 2.91. The van der Waals surface area contributed by atoms with Crippen LogP contribution in [0.15, 0.2) is 24.5 Å². The number of aryl methyl sites for hydroxylation is 1. The monoisotopic (exact) mass is 355 g/mol. The number of ether oxygens (including phenoxy) is 1. The van der Waals surface area contributed by atoms with Crippen molar-refractivity contribution in [2.75, 3.05) is 13.7 Å². The Labute approximate surface area is 145 Å². The Morgan fingerprint density at radius 1 is 1.30 bits per heavy atom. The highest BCUT2D eigenvalue weighted by Crippen LogP contribution is 2.34. The minimum atomic E-state index is -0.136. The molecule has 0 saturated carbocycles. The second kappa shape index (κ2) is 7.70. The van der Waals surface area contributed by atoms with Crippen LogP contribution in [0.2, 0.25) is 10.0 Å². The predicted octanol–water partition coefficient (Wildman–Crippen LogP) is 3.88. The van der Waals surface area contributed by atoms with E-state index in [1.165, 1.54) is 7.11 Å². The molecule has 0 fully saturated rings. The van der Waals surface area contributed by atoms with E-state index in [9.17, 15) is 4.79 Å². The lowest BCUT2D eigenvalue weighted by Gasteiger charge is -2.21. The number of hydrogen-bond acceptors (Lipinski definition) is 3. The van der Waals surface area contributed by atoms with Crippen LogP contribution in [0.3, 0.4) is 0 Å². The van der Waals surface area contributed by atoms with Crippen molar-refractivity contribution in [3.05, 3.63) is 45.7 Å². The second-order valence-corrected chi connectivity index (χ2v) is 5.81. The fourth-order valence-electron chi connectivity index (χ4n) is 2.27. The molecular weight excluding hydrogens is 337 g/mol. The van der Waals surface area contributed by atoms with Crippen LogP contribution >= 0.6 is 23.2 Å². The molecule has 1 aromatic carbocycles. The topological polar surface area (TPSA) is 47.4 Å². The van der Waals surface area contributed by atoms with Gasteiger partial charge in [-0.05, 0) is 26.0 Å². The zero-order valence-corrected chi connectivity index (χ0v) is 14.9. The molecule has 1 amide bonds. The number of halogens is 2. The number of methoxy groups -OCH3 is 1. The molecule has 0 aliphatic heterocycles. The number of carbonyl (C=O) groups excluding carboxylic acids is 1. The van der Waals surface area contributed by atoms with Crippen molar-refractivity contribution in [2.45, 2.75) is 26.9 Å². The van der Waals surface area contributed by atoms with Crippen LogP contribution in [0.25, 0.3) is 0 Å². The number of aromatic nitrogens is 2. The molecule has 2 rings (SSSR count). The summed E-state index contributed by atoms with van der Waals surface area (Å²) in [5.74, 6) is 0.236. The molecular formula is C16H19Cl2N3O2. The zero-order valence-electron chi connectivity index (χ0n) is 13.3. The SMILES string of the molecule is CCN(Cc1cnn(CC)c1)C(=O)c1cc(Cl)c(OC)c(Cl)c1. The van der Waals surface area contributed by atoms with Gasteiger partial charge in [-0.2, -0.15) is 5.10 Å². The van der Waals surface area contributed by atoms with Crippen LogP contribution in [0.4, 0.5) is 0 Å². The predicted molar refractivity (Wildman–Crippen MR) is 91.3 cm³/mol. The molecule has 0 radical (unpaired) electrons. The summed E-state index contributed by atoms with van der Waals surface area (Å²) in [6.07, 6.45) is 3.71. The summed E-state index contributed by atoms with van der Waals surface area (Å²) >= 11 is 12.2. The summed E-state index contributed by atoms with van der Waals surface area (Å²) in [7, 11) is 1.48. The molecule has 7 heteroatoms. The highest BCUT2D eigenvalue weighted by Gasteiger charge is 2.19. The number of benzene rings is 1. The molecule has 124 valence electrons. The molecule has 0 spiro atoms. The fraction of sp³-hybridized carbons (Fsp3) is 0.375. The first-order valence-electron chi connectivity index (χ1n) is 7.33. The molecule has 0 saturated heterocycles. The zero-order chi connectivity index (χ0) is 17.0. The van der Waals surface area contributed by atoms with Crippen molar-refractivity contribution in [1.82, 2.24) is 14.7 Å². The van der Waals surface area contributed by atoms with Gasteiger partial charge in [0, 0.05) is 37.0 Å². The Kier molecular flexibility index (Phi) is 5.91. The van der Waals surface area contributed by atoms with E-state index in [4.69, 9.17) is 27.9 Å². The highest BCUT2D eigenvalue weighted by atomic mass is 35.5. The molecule has 0 N–H and O–H groups in total. The van der Waals surface area contributed by atoms with Gasteiger partial charge in [-0.15, -0.1) is 0 Å². The van der Waals surface area contributed by atoms with E-state index >= 15 is 0 Å². The van der Waals surface area contributed by atoms with E-state index < -0.39 is 0 Å². The molecule has 0 bridgehead atoms. The molecule has 1 heterocycles. The van der Waals surface area contributed by atoms with Crippen LogP contribution in [-0.4, -0.2) is 34.2 Å². The summed E-state index contributed by atoms with van der Waals surface area (Å²) in [6.45, 7) is 5.79. The van der Waals surface area contributed by atoms with E-state index in [-0.39, 0.29) is 5.91 Å². The Hall–Kier alpha value is -1.72. The Bertz CT molecular complexity index is 677. The van der Waals surface area contributed by atoms with Crippen LogP contribution in [0, 0.1) is 0 Å². The van der Waals surface area contributed by atoms with Crippen LogP contribution in [-0.2, 0) is 13.1 Å². The van der Waals surface area contributed by atoms with Gasteiger partial charge in [0.05, 0.1) is 23.4 Å². The summed E-state index contributed by atoms with van der Waals surface area (Å²) in [5, 5.41) is 4.86. The summed E-state index contributed by atoms with van der Waals surface area (Å²) in [5.41, 5.74) is 1.42. The van der Waals surface area contributed by atoms with Crippen molar-refractivity contribution in [3.8, 4) is 5.75 Å². The van der Waals surface area contributed by atoms with E-state index in [1.54, 1.807) is 23.2 Å². The molecule has 1 aromatic heterocycles. The summed E-state index contributed by atoms with van der Waals surface area (Å²) in [6, 6.07) is 3.15. The van der Waals surface area contributed by atoms with Crippen molar-refractivity contribution >= 4 is 29.1 Å². The largest absolute Gasteiger partial charge is 0.494 e.